The zero-order valence-corrected chi connectivity index (χ0v) is 27.6. The van der Waals surface area contributed by atoms with Crippen molar-refractivity contribution >= 4 is 37.0 Å². The average Bonchev–Trinajstić information content (AvgIpc) is 3.61. The third-order valence-electron chi connectivity index (χ3n) is 7.28. The van der Waals surface area contributed by atoms with Crippen molar-refractivity contribution in [1.29, 1.82) is 5.26 Å². The van der Waals surface area contributed by atoms with Crippen LogP contribution in [0.2, 0.25) is 0 Å². The Kier molecular flexibility index (Phi) is 10.6. The van der Waals surface area contributed by atoms with E-state index in [1.807, 2.05) is 6.07 Å². The SMILES string of the molecule is COC(=O)[C@H](C)N[P@](=O)(OC[C@@]1(C#N)OC[C@@](OC(=O)C(C)C)(c2ccc3c(N)ncnn23)[C@@H]1OC(=O)C(C)C)Oc1ccccc1. The number of nitrogens with zero attached hydrogens (tertiary/aromatic N) is 4. The van der Waals surface area contributed by atoms with Crippen molar-refractivity contribution in [3.8, 4) is 11.8 Å². The number of rotatable bonds is 13. The van der Waals surface area contributed by atoms with Gasteiger partial charge in [0, 0.05) is 0 Å². The number of aromatic nitrogens is 3. The predicted molar refractivity (Wildman–Crippen MR) is 164 cm³/mol. The molecule has 0 aliphatic carbocycles. The summed E-state index contributed by atoms with van der Waals surface area (Å²) in [4.78, 5) is 42.7. The highest BCUT2D eigenvalue weighted by atomic mass is 31.2. The maximum atomic E-state index is 14.2. The number of carbonyl (C=O) groups is 3. The molecule has 0 radical (unpaired) electrons. The second-order valence-electron chi connectivity index (χ2n) is 11.4. The van der Waals surface area contributed by atoms with Crippen molar-refractivity contribution < 1.29 is 46.9 Å². The van der Waals surface area contributed by atoms with Gasteiger partial charge < -0.3 is 29.2 Å². The number of benzene rings is 1. The third kappa shape index (κ3) is 7.23. The Balaban J connectivity index is 1.85. The first-order valence-corrected chi connectivity index (χ1v) is 16.2. The molecule has 0 amide bonds. The molecule has 1 aromatic carbocycles. The Labute approximate surface area is 271 Å². The molecule has 1 saturated heterocycles. The van der Waals surface area contributed by atoms with Gasteiger partial charge in [-0.25, -0.2) is 14.1 Å². The number of nitrogens with two attached hydrogens (primary N) is 1. The lowest BCUT2D eigenvalue weighted by molar-refractivity contribution is -0.191. The smallest absolute Gasteiger partial charge is 0.459 e. The zero-order chi connectivity index (χ0) is 34.6. The van der Waals surface area contributed by atoms with Gasteiger partial charge in [0.15, 0.2) is 11.9 Å². The van der Waals surface area contributed by atoms with Gasteiger partial charge in [0.05, 0.1) is 31.2 Å². The van der Waals surface area contributed by atoms with Crippen LogP contribution in [-0.2, 0) is 48.0 Å². The fraction of sp³-hybridized carbons (Fsp3) is 0.467. The zero-order valence-electron chi connectivity index (χ0n) is 26.7. The Hall–Kier alpha value is -4.55. The number of nitrogen functional groups attached to an aromatic ring is 1. The maximum Gasteiger partial charge on any atom is 0.459 e. The summed E-state index contributed by atoms with van der Waals surface area (Å²) in [5, 5.41) is 17.5. The number of nitrogens with one attached hydrogen (secondary N) is 1. The highest BCUT2D eigenvalue weighted by Crippen LogP contribution is 2.51. The Bertz CT molecular complexity index is 1710. The molecular weight excluding hydrogens is 635 g/mol. The van der Waals surface area contributed by atoms with Gasteiger partial charge in [0.1, 0.15) is 36.3 Å². The molecule has 2 aromatic heterocycles. The lowest BCUT2D eigenvalue weighted by atomic mass is 9.85. The number of carbonyl (C=O) groups excluding carboxylic acids is 3. The summed E-state index contributed by atoms with van der Waals surface area (Å²) in [6.45, 7) is 6.34. The largest absolute Gasteiger partial charge is 0.468 e. The van der Waals surface area contributed by atoms with Crippen molar-refractivity contribution in [3.05, 3.63) is 54.5 Å². The van der Waals surface area contributed by atoms with Gasteiger partial charge in [-0.05, 0) is 31.2 Å². The molecule has 252 valence electrons. The molecule has 1 aliphatic heterocycles. The lowest BCUT2D eigenvalue weighted by Gasteiger charge is -2.37. The van der Waals surface area contributed by atoms with Crippen molar-refractivity contribution in [2.24, 2.45) is 11.8 Å². The van der Waals surface area contributed by atoms with Crippen LogP contribution in [0.3, 0.4) is 0 Å². The summed E-state index contributed by atoms with van der Waals surface area (Å²) >= 11 is 0. The number of nitriles is 1. The topological polar surface area (TPSA) is 216 Å². The molecule has 5 atom stereocenters. The fourth-order valence-corrected chi connectivity index (χ4v) is 6.24. The van der Waals surface area contributed by atoms with E-state index in [0.29, 0.717) is 5.52 Å². The summed E-state index contributed by atoms with van der Waals surface area (Å²) in [7, 11) is -3.37. The molecule has 3 heterocycles. The molecule has 4 rings (SSSR count). The van der Waals surface area contributed by atoms with Crippen LogP contribution in [0.15, 0.2) is 48.8 Å². The van der Waals surface area contributed by atoms with Crippen molar-refractivity contribution in [1.82, 2.24) is 19.7 Å². The van der Waals surface area contributed by atoms with Gasteiger partial charge in [0.25, 0.3) is 0 Å². The van der Waals surface area contributed by atoms with E-state index in [0.717, 1.165) is 7.11 Å². The number of para-hydroxylation sites is 1. The highest BCUT2D eigenvalue weighted by Gasteiger charge is 2.67. The van der Waals surface area contributed by atoms with Gasteiger partial charge in [-0.3, -0.25) is 18.9 Å². The maximum absolute atomic E-state index is 14.2. The second kappa shape index (κ2) is 14.1. The molecule has 16 nitrogen and oxygen atoms in total. The van der Waals surface area contributed by atoms with Gasteiger partial charge in [-0.15, -0.1) is 0 Å². The van der Waals surface area contributed by atoms with E-state index in [9.17, 15) is 24.2 Å². The molecule has 0 bridgehead atoms. The monoisotopic (exact) mass is 672 g/mol. The number of fused-ring (bicyclic) bond motifs is 1. The van der Waals surface area contributed by atoms with Crippen molar-refractivity contribution in [2.45, 2.75) is 58.0 Å². The van der Waals surface area contributed by atoms with Gasteiger partial charge >= 0.3 is 25.7 Å². The van der Waals surface area contributed by atoms with E-state index in [-0.39, 0.29) is 17.3 Å². The Morgan fingerprint density at radius 3 is 2.40 bits per heavy atom. The molecule has 3 N–H and O–H groups in total. The number of anilines is 1. The first-order valence-electron chi connectivity index (χ1n) is 14.6. The number of esters is 3. The minimum atomic E-state index is -4.52. The molecule has 0 saturated carbocycles. The first kappa shape index (κ1) is 35.3. The van der Waals surface area contributed by atoms with Crippen LogP contribution in [0, 0.1) is 23.2 Å². The molecule has 0 spiro atoms. The van der Waals surface area contributed by atoms with Gasteiger partial charge in [0.2, 0.25) is 11.2 Å². The molecule has 1 aliphatic rings. The number of methoxy groups -OCH3 is 1. The number of ether oxygens (including phenoxy) is 4. The third-order valence-corrected chi connectivity index (χ3v) is 8.90. The highest BCUT2D eigenvalue weighted by molar-refractivity contribution is 7.52. The lowest BCUT2D eigenvalue weighted by Crippen LogP contribution is -2.55. The van der Waals surface area contributed by atoms with Crippen LogP contribution in [0.1, 0.15) is 40.3 Å². The molecule has 47 heavy (non-hydrogen) atoms. The second-order valence-corrected chi connectivity index (χ2v) is 13.1. The molecule has 0 unspecified atom stereocenters. The summed E-state index contributed by atoms with van der Waals surface area (Å²) in [5.41, 5.74) is 2.31. The number of hydrogen-bond acceptors (Lipinski definition) is 14. The van der Waals surface area contributed by atoms with Crippen LogP contribution in [-0.4, -0.2) is 70.6 Å². The van der Waals surface area contributed by atoms with Crippen LogP contribution in [0.5, 0.6) is 5.75 Å². The minimum absolute atomic E-state index is 0.103. The van der Waals surface area contributed by atoms with Crippen molar-refractivity contribution in [3.63, 3.8) is 0 Å². The average molecular weight is 673 g/mol. The van der Waals surface area contributed by atoms with Gasteiger partial charge in [-0.2, -0.15) is 15.4 Å². The quantitative estimate of drug-likeness (QED) is 0.152. The standard InChI is InChI=1S/C30H37N6O10P/c1-18(2)25(37)44-28-29(14-31,15-43-47(40,35-20(5)27(39)41-6)46-21-10-8-7-9-11-21)42-16-30(28,45-26(38)19(3)4)23-13-12-22-24(32)33-17-34-36(22)23/h7-13,17-20,28H,15-16H2,1-6H3,(H,35,40)(H2,32,33,34)/t20-,28+,29+,30+,47-/m0/s1. The van der Waals surface area contributed by atoms with Crippen molar-refractivity contribution in [2.75, 3.05) is 26.1 Å². The predicted octanol–water partition coefficient (Wildman–Crippen LogP) is 2.92. The van der Waals surface area contributed by atoms with Crippen LogP contribution in [0.25, 0.3) is 5.52 Å². The number of hydrogen-bond donors (Lipinski definition) is 2. The first-order chi connectivity index (χ1) is 22.2. The molecule has 3 aromatic rings. The van der Waals surface area contributed by atoms with Crippen LogP contribution >= 0.6 is 7.75 Å². The normalized spacial score (nSPS) is 22.7. The van der Waals surface area contributed by atoms with E-state index in [4.69, 9.17) is 33.7 Å². The Morgan fingerprint density at radius 1 is 1.11 bits per heavy atom. The summed E-state index contributed by atoms with van der Waals surface area (Å²) < 4.78 is 49.9. The van der Waals surface area contributed by atoms with Crippen LogP contribution in [0.4, 0.5) is 5.82 Å². The van der Waals surface area contributed by atoms with Gasteiger partial charge in [-0.1, -0.05) is 45.9 Å². The Morgan fingerprint density at radius 2 is 1.79 bits per heavy atom. The molecule has 1 fully saturated rings. The van der Waals surface area contributed by atoms with E-state index < -0.39 is 74.1 Å². The van der Waals surface area contributed by atoms with E-state index in [1.165, 1.54) is 36.0 Å². The minimum Gasteiger partial charge on any atom is -0.468 e. The van der Waals surface area contributed by atoms with Crippen LogP contribution < -0.4 is 15.3 Å². The van der Waals surface area contributed by atoms with E-state index in [1.54, 1.807) is 52.0 Å². The van der Waals surface area contributed by atoms with E-state index >= 15 is 0 Å². The summed E-state index contributed by atoms with van der Waals surface area (Å²) in [5.74, 6) is -3.38. The molecular formula is C30H37N6O10P. The summed E-state index contributed by atoms with van der Waals surface area (Å²) in [6, 6.07) is 11.9. The molecule has 17 heteroatoms. The summed E-state index contributed by atoms with van der Waals surface area (Å²) in [6.07, 6.45) is -0.532. The van der Waals surface area contributed by atoms with E-state index in [2.05, 4.69) is 15.2 Å². The fourth-order valence-electron chi connectivity index (χ4n) is 4.72.